The van der Waals surface area contributed by atoms with E-state index in [4.69, 9.17) is 25.8 Å². The minimum atomic E-state index is -4.79. The number of nitrogens with zero attached hydrogens (tertiary/aromatic N) is 1. The first-order valence-electron chi connectivity index (χ1n) is 10.7. The molecule has 3 aromatic carbocycles. The number of carbonyl (C=O) groups is 1. The van der Waals surface area contributed by atoms with Gasteiger partial charge in [0.25, 0.3) is 0 Å². The average Bonchev–Trinajstić information content (AvgIpc) is 2.84. The van der Waals surface area contributed by atoms with Crippen LogP contribution in [0.1, 0.15) is 5.56 Å². The van der Waals surface area contributed by atoms with Crippen LogP contribution in [0.5, 0.6) is 28.7 Å². The third-order valence-corrected chi connectivity index (χ3v) is 5.57. The molecule has 0 fully saturated rings. The Labute approximate surface area is 214 Å². The number of rotatable bonds is 6. The van der Waals surface area contributed by atoms with E-state index in [1.165, 1.54) is 32.5 Å². The summed E-state index contributed by atoms with van der Waals surface area (Å²) >= 11 is 6.65. The normalized spacial score (nSPS) is 11.2. The van der Waals surface area contributed by atoms with E-state index in [0.29, 0.717) is 38.6 Å². The summed E-state index contributed by atoms with van der Waals surface area (Å²) in [5.41, 5.74) is 2.58. The van der Waals surface area contributed by atoms with Gasteiger partial charge in [-0.15, -0.1) is 13.2 Å². The van der Waals surface area contributed by atoms with Gasteiger partial charge >= 0.3 is 12.5 Å². The topological polar surface area (TPSA) is 76.1 Å². The molecule has 7 nitrogen and oxygen atoms in total. The molecule has 37 heavy (non-hydrogen) atoms. The van der Waals surface area contributed by atoms with Gasteiger partial charge in [-0.2, -0.15) is 0 Å². The van der Waals surface area contributed by atoms with Crippen molar-refractivity contribution in [2.75, 3.05) is 14.2 Å². The van der Waals surface area contributed by atoms with Crippen molar-refractivity contribution >= 4 is 28.7 Å². The molecule has 192 valence electrons. The highest BCUT2D eigenvalue weighted by molar-refractivity contribution is 6.34. The van der Waals surface area contributed by atoms with Crippen LogP contribution in [-0.2, 0) is 4.74 Å². The summed E-state index contributed by atoms with van der Waals surface area (Å²) in [6.07, 6.45) is -4.14. The zero-order valence-electron chi connectivity index (χ0n) is 19.7. The molecule has 0 N–H and O–H groups in total. The Kier molecular flexibility index (Phi) is 7.30. The number of aromatic nitrogens is 1. The van der Waals surface area contributed by atoms with Gasteiger partial charge in [-0.3, -0.25) is 4.98 Å². The third-order valence-electron chi connectivity index (χ3n) is 5.28. The van der Waals surface area contributed by atoms with Crippen molar-refractivity contribution < 1.29 is 41.7 Å². The maximum absolute atomic E-state index is 12.4. The summed E-state index contributed by atoms with van der Waals surface area (Å²) in [7, 11) is 2.68. The van der Waals surface area contributed by atoms with Crippen molar-refractivity contribution in [3.05, 3.63) is 71.4 Å². The summed E-state index contributed by atoms with van der Waals surface area (Å²) < 4.78 is 62.3. The van der Waals surface area contributed by atoms with Crippen LogP contribution in [0.3, 0.4) is 0 Å². The minimum absolute atomic E-state index is 0.254. The van der Waals surface area contributed by atoms with E-state index in [9.17, 15) is 18.0 Å². The van der Waals surface area contributed by atoms with Crippen molar-refractivity contribution in [2.45, 2.75) is 13.3 Å². The maximum Gasteiger partial charge on any atom is 0.573 e. The van der Waals surface area contributed by atoms with Gasteiger partial charge in [0.15, 0.2) is 11.5 Å². The Morgan fingerprint density at radius 3 is 2.30 bits per heavy atom. The zero-order chi connectivity index (χ0) is 26.7. The number of benzene rings is 3. The average molecular weight is 534 g/mol. The lowest BCUT2D eigenvalue weighted by Gasteiger charge is -2.18. The van der Waals surface area contributed by atoms with Crippen LogP contribution in [0.25, 0.3) is 22.0 Å². The van der Waals surface area contributed by atoms with Gasteiger partial charge in [0.05, 0.1) is 24.8 Å². The highest BCUT2D eigenvalue weighted by atomic mass is 35.5. The molecule has 0 saturated heterocycles. The van der Waals surface area contributed by atoms with Crippen LogP contribution in [0, 0.1) is 6.92 Å². The first-order chi connectivity index (χ1) is 17.6. The molecule has 4 rings (SSSR count). The molecule has 1 aromatic heterocycles. The Balaban J connectivity index is 1.68. The monoisotopic (exact) mass is 533 g/mol. The highest BCUT2D eigenvalue weighted by Crippen LogP contribution is 2.45. The minimum Gasteiger partial charge on any atom is -0.493 e. The zero-order valence-corrected chi connectivity index (χ0v) is 20.4. The second-order valence-corrected chi connectivity index (χ2v) is 8.02. The van der Waals surface area contributed by atoms with Gasteiger partial charge in [0.1, 0.15) is 17.2 Å². The van der Waals surface area contributed by atoms with E-state index in [2.05, 4.69) is 14.5 Å². The van der Waals surface area contributed by atoms with Crippen LogP contribution in [0.15, 0.2) is 60.8 Å². The van der Waals surface area contributed by atoms with E-state index >= 15 is 0 Å². The number of methoxy groups -OCH3 is 2. The van der Waals surface area contributed by atoms with Crippen LogP contribution in [0.2, 0.25) is 5.02 Å². The first kappa shape index (κ1) is 25.9. The van der Waals surface area contributed by atoms with Crippen LogP contribution in [0.4, 0.5) is 18.0 Å². The molecule has 0 aliphatic carbocycles. The lowest BCUT2D eigenvalue weighted by Crippen LogP contribution is -2.16. The molecule has 0 aliphatic heterocycles. The van der Waals surface area contributed by atoms with Gasteiger partial charge in [-0.1, -0.05) is 17.7 Å². The molecule has 0 bridgehead atoms. The summed E-state index contributed by atoms with van der Waals surface area (Å²) in [6.45, 7) is 1.79. The number of fused-ring (bicyclic) bond motifs is 1. The molecule has 0 radical (unpaired) electrons. The molecule has 11 heteroatoms. The molecular formula is C26H19ClF3NO6. The lowest BCUT2D eigenvalue weighted by atomic mass is 9.97. The number of pyridine rings is 1. The molecule has 0 amide bonds. The highest BCUT2D eigenvalue weighted by Gasteiger charge is 2.31. The molecule has 1 heterocycles. The van der Waals surface area contributed by atoms with Crippen molar-refractivity contribution in [3.63, 3.8) is 0 Å². The predicted molar refractivity (Wildman–Crippen MR) is 130 cm³/mol. The van der Waals surface area contributed by atoms with Crippen molar-refractivity contribution in [2.24, 2.45) is 0 Å². The SMILES string of the molecule is COC(=O)Oc1ccnc2cc(-c3c(Cl)cc(Oc4ccc(OC(F)(F)F)cc4)c(OC)c3C)ccc12. The van der Waals surface area contributed by atoms with Gasteiger partial charge < -0.3 is 23.7 Å². The smallest absolute Gasteiger partial charge is 0.493 e. The van der Waals surface area contributed by atoms with E-state index in [-0.39, 0.29) is 17.2 Å². The quantitative estimate of drug-likeness (QED) is 0.235. The molecule has 0 spiro atoms. The molecule has 0 aliphatic rings. The predicted octanol–water partition coefficient (Wildman–Crippen LogP) is 7.71. The van der Waals surface area contributed by atoms with Gasteiger partial charge in [-0.25, -0.2) is 4.79 Å². The van der Waals surface area contributed by atoms with Crippen molar-refractivity contribution in [3.8, 4) is 39.9 Å². The number of hydrogen-bond acceptors (Lipinski definition) is 7. The van der Waals surface area contributed by atoms with E-state index in [1.54, 1.807) is 37.3 Å². The summed E-state index contributed by atoms with van der Waals surface area (Å²) in [5, 5.41) is 0.932. The molecular weight excluding hydrogens is 515 g/mol. The summed E-state index contributed by atoms with van der Waals surface area (Å²) in [4.78, 5) is 15.9. The second-order valence-electron chi connectivity index (χ2n) is 7.61. The Morgan fingerprint density at radius 2 is 1.65 bits per heavy atom. The maximum atomic E-state index is 12.4. The summed E-state index contributed by atoms with van der Waals surface area (Å²) in [5.74, 6) is 0.821. The third kappa shape index (κ3) is 5.80. The lowest BCUT2D eigenvalue weighted by molar-refractivity contribution is -0.274. The van der Waals surface area contributed by atoms with E-state index < -0.39 is 12.5 Å². The fourth-order valence-electron chi connectivity index (χ4n) is 3.75. The van der Waals surface area contributed by atoms with Crippen LogP contribution in [-0.4, -0.2) is 31.7 Å². The Morgan fingerprint density at radius 1 is 0.946 bits per heavy atom. The number of carbonyl (C=O) groups excluding carboxylic acids is 1. The molecule has 0 saturated carbocycles. The Hall–Kier alpha value is -4.18. The van der Waals surface area contributed by atoms with Gasteiger partial charge in [0, 0.05) is 34.8 Å². The number of hydrogen-bond donors (Lipinski definition) is 0. The number of alkyl halides is 3. The first-order valence-corrected chi connectivity index (χ1v) is 11.0. The van der Waals surface area contributed by atoms with Crippen molar-refractivity contribution in [1.29, 1.82) is 0 Å². The van der Waals surface area contributed by atoms with Gasteiger partial charge in [-0.05, 0) is 48.9 Å². The van der Waals surface area contributed by atoms with Gasteiger partial charge in [0.2, 0.25) is 0 Å². The van der Waals surface area contributed by atoms with Crippen LogP contribution >= 0.6 is 11.6 Å². The number of halogens is 4. The fourth-order valence-corrected chi connectivity index (χ4v) is 4.10. The molecule has 4 aromatic rings. The number of ether oxygens (including phenoxy) is 5. The van der Waals surface area contributed by atoms with Crippen LogP contribution < -0.4 is 18.9 Å². The Bertz CT molecular complexity index is 1460. The second kappa shape index (κ2) is 10.4. The largest absolute Gasteiger partial charge is 0.573 e. The summed E-state index contributed by atoms with van der Waals surface area (Å²) in [6, 6.07) is 13.4. The molecule has 0 unspecified atom stereocenters. The fraction of sp³-hybridized carbons (Fsp3) is 0.154. The van der Waals surface area contributed by atoms with E-state index in [0.717, 1.165) is 17.7 Å². The molecule has 0 atom stereocenters. The standard InChI is InChI=1S/C26H19ClF3NO6/c1-14-23(15-4-9-18-20(12-15)31-11-10-21(18)36-25(32)34-3)19(27)13-22(24(14)33-2)35-16-5-7-17(8-6-16)37-26(28,29)30/h4-13H,1-3H3. The van der Waals surface area contributed by atoms with Crippen molar-refractivity contribution in [1.82, 2.24) is 4.98 Å². The van der Waals surface area contributed by atoms with E-state index in [1.807, 2.05) is 0 Å².